The average Bonchev–Trinajstić information content (AvgIpc) is 2.49. The first kappa shape index (κ1) is 16.2. The highest BCUT2D eigenvalue weighted by atomic mass is 35.5. The van der Waals surface area contributed by atoms with Crippen molar-refractivity contribution >= 4 is 35.2 Å². The standard InChI is InChI=1S/C16H11Cl2NO3/c1-2-3-21-16(20)12(8-19)5-10-4-11-6-13(17)7-14(18)15(11)22-9-10/h2,4-7H,1,3,9H2. The summed E-state index contributed by atoms with van der Waals surface area (Å²) in [4.78, 5) is 11.7. The summed E-state index contributed by atoms with van der Waals surface area (Å²) >= 11 is 12.0. The van der Waals surface area contributed by atoms with Gasteiger partial charge in [0, 0.05) is 10.6 Å². The van der Waals surface area contributed by atoms with E-state index >= 15 is 0 Å². The van der Waals surface area contributed by atoms with Gasteiger partial charge in [0.05, 0.1) is 5.02 Å². The molecule has 0 atom stereocenters. The second-order valence-corrected chi connectivity index (χ2v) is 5.21. The number of benzene rings is 1. The quantitative estimate of drug-likeness (QED) is 0.362. The lowest BCUT2D eigenvalue weighted by molar-refractivity contribution is -0.137. The molecule has 0 saturated heterocycles. The van der Waals surface area contributed by atoms with E-state index in [1.807, 2.05) is 6.07 Å². The summed E-state index contributed by atoms with van der Waals surface area (Å²) in [5, 5.41) is 9.94. The third-order valence-corrected chi connectivity index (χ3v) is 3.26. The Kier molecular flexibility index (Phi) is 5.26. The molecule has 0 N–H and O–H groups in total. The summed E-state index contributed by atoms with van der Waals surface area (Å²) in [5.74, 6) is -0.186. The Morgan fingerprint density at radius 1 is 1.50 bits per heavy atom. The first-order valence-corrected chi connectivity index (χ1v) is 7.03. The number of nitriles is 1. The lowest BCUT2D eigenvalue weighted by Crippen LogP contribution is -2.10. The lowest BCUT2D eigenvalue weighted by atomic mass is 10.1. The van der Waals surface area contributed by atoms with E-state index in [0.717, 1.165) is 0 Å². The molecule has 0 saturated carbocycles. The molecule has 4 nitrogen and oxygen atoms in total. The van der Waals surface area contributed by atoms with Crippen LogP contribution >= 0.6 is 23.2 Å². The zero-order chi connectivity index (χ0) is 16.1. The van der Waals surface area contributed by atoms with Gasteiger partial charge in [0.15, 0.2) is 0 Å². The third kappa shape index (κ3) is 3.70. The van der Waals surface area contributed by atoms with E-state index in [-0.39, 0.29) is 18.8 Å². The fourth-order valence-electron chi connectivity index (χ4n) is 1.85. The van der Waals surface area contributed by atoms with Gasteiger partial charge in [-0.25, -0.2) is 4.79 Å². The van der Waals surface area contributed by atoms with E-state index in [1.54, 1.807) is 18.2 Å². The lowest BCUT2D eigenvalue weighted by Gasteiger charge is -2.17. The van der Waals surface area contributed by atoms with Crippen molar-refractivity contribution in [2.45, 2.75) is 0 Å². The second kappa shape index (κ2) is 7.17. The summed E-state index contributed by atoms with van der Waals surface area (Å²) in [5.41, 5.74) is 1.21. The number of ether oxygens (including phenoxy) is 2. The number of carbonyl (C=O) groups is 1. The van der Waals surface area contributed by atoms with Crippen LogP contribution in [0.3, 0.4) is 0 Å². The van der Waals surface area contributed by atoms with E-state index in [0.29, 0.717) is 26.9 Å². The highest BCUT2D eigenvalue weighted by Crippen LogP contribution is 2.36. The van der Waals surface area contributed by atoms with Crippen LogP contribution in [0.5, 0.6) is 5.75 Å². The first-order valence-electron chi connectivity index (χ1n) is 6.27. The molecule has 1 aromatic carbocycles. The highest BCUT2D eigenvalue weighted by Gasteiger charge is 2.17. The molecule has 1 heterocycles. The second-order valence-electron chi connectivity index (χ2n) is 4.37. The minimum atomic E-state index is -0.710. The zero-order valence-electron chi connectivity index (χ0n) is 11.4. The summed E-state index contributed by atoms with van der Waals surface area (Å²) in [6.45, 7) is 3.67. The molecular weight excluding hydrogens is 325 g/mol. The fraction of sp³-hybridized carbons (Fsp3) is 0.125. The van der Waals surface area contributed by atoms with Crippen LogP contribution < -0.4 is 4.74 Å². The van der Waals surface area contributed by atoms with Crippen molar-refractivity contribution < 1.29 is 14.3 Å². The van der Waals surface area contributed by atoms with Crippen LogP contribution in [0.2, 0.25) is 10.0 Å². The molecular formula is C16H11Cl2NO3. The van der Waals surface area contributed by atoms with Crippen LogP contribution in [0, 0.1) is 11.3 Å². The summed E-state index contributed by atoms with van der Waals surface area (Å²) in [6, 6.07) is 5.09. The van der Waals surface area contributed by atoms with Crippen LogP contribution in [0.4, 0.5) is 0 Å². The Bertz CT molecular complexity index is 730. The minimum Gasteiger partial charge on any atom is -0.487 e. The SMILES string of the molecule is C=CCOC(=O)C(C#N)=CC1=Cc2cc(Cl)cc(Cl)c2OC1. The van der Waals surface area contributed by atoms with Crippen molar-refractivity contribution in [1.29, 1.82) is 5.26 Å². The van der Waals surface area contributed by atoms with E-state index in [9.17, 15) is 4.79 Å². The first-order chi connectivity index (χ1) is 10.5. The number of hydrogen-bond acceptors (Lipinski definition) is 4. The summed E-state index contributed by atoms with van der Waals surface area (Å²) in [6.07, 6.45) is 4.61. The molecule has 0 radical (unpaired) electrons. The largest absolute Gasteiger partial charge is 0.487 e. The van der Waals surface area contributed by atoms with Crippen molar-refractivity contribution in [2.75, 3.05) is 13.2 Å². The van der Waals surface area contributed by atoms with Crippen LogP contribution in [0.25, 0.3) is 6.08 Å². The van der Waals surface area contributed by atoms with Crippen LogP contribution in [-0.4, -0.2) is 19.2 Å². The highest BCUT2D eigenvalue weighted by molar-refractivity contribution is 6.36. The Hall–Kier alpha value is -2.22. The molecule has 1 aliphatic rings. The molecule has 22 heavy (non-hydrogen) atoms. The molecule has 6 heteroatoms. The fourth-order valence-corrected chi connectivity index (χ4v) is 2.42. The molecule has 1 aliphatic heterocycles. The van der Waals surface area contributed by atoms with E-state index in [2.05, 4.69) is 6.58 Å². The minimum absolute atomic E-state index is 0.0431. The predicted octanol–water partition coefficient (Wildman–Crippen LogP) is 3.95. The Balaban J connectivity index is 2.31. The van der Waals surface area contributed by atoms with Gasteiger partial charge in [0.25, 0.3) is 0 Å². The third-order valence-electron chi connectivity index (χ3n) is 2.76. The molecule has 112 valence electrons. The van der Waals surface area contributed by atoms with Crippen molar-refractivity contribution in [1.82, 2.24) is 0 Å². The zero-order valence-corrected chi connectivity index (χ0v) is 12.9. The summed E-state index contributed by atoms with van der Waals surface area (Å²) < 4.78 is 10.4. The van der Waals surface area contributed by atoms with Gasteiger partial charge in [-0.15, -0.1) is 0 Å². The van der Waals surface area contributed by atoms with Crippen molar-refractivity contribution in [3.8, 4) is 11.8 Å². The predicted molar refractivity (Wildman–Crippen MR) is 84.8 cm³/mol. The number of hydrogen-bond donors (Lipinski definition) is 0. The van der Waals surface area contributed by atoms with E-state index in [1.165, 1.54) is 12.2 Å². The number of halogens is 2. The topological polar surface area (TPSA) is 59.3 Å². The molecule has 0 spiro atoms. The maximum absolute atomic E-state index is 11.7. The Labute approximate surface area is 137 Å². The monoisotopic (exact) mass is 335 g/mol. The van der Waals surface area contributed by atoms with Gasteiger partial charge in [-0.3, -0.25) is 0 Å². The van der Waals surface area contributed by atoms with Gasteiger partial charge in [0.1, 0.15) is 30.6 Å². The number of nitrogens with zero attached hydrogens (tertiary/aromatic N) is 1. The smallest absolute Gasteiger partial charge is 0.349 e. The molecule has 0 fully saturated rings. The maximum atomic E-state index is 11.7. The van der Waals surface area contributed by atoms with E-state index in [4.69, 9.17) is 37.9 Å². The maximum Gasteiger partial charge on any atom is 0.349 e. The normalized spacial score (nSPS) is 13.3. The van der Waals surface area contributed by atoms with E-state index < -0.39 is 5.97 Å². The molecule has 0 aliphatic carbocycles. The van der Waals surface area contributed by atoms with Crippen LogP contribution in [-0.2, 0) is 9.53 Å². The Morgan fingerprint density at radius 2 is 2.27 bits per heavy atom. The number of rotatable bonds is 4. The average molecular weight is 336 g/mol. The van der Waals surface area contributed by atoms with Crippen molar-refractivity contribution in [3.63, 3.8) is 0 Å². The van der Waals surface area contributed by atoms with Gasteiger partial charge < -0.3 is 9.47 Å². The molecule has 1 aromatic rings. The van der Waals surface area contributed by atoms with Gasteiger partial charge in [0.2, 0.25) is 0 Å². The summed E-state index contributed by atoms with van der Waals surface area (Å²) in [7, 11) is 0. The Morgan fingerprint density at radius 3 is 2.95 bits per heavy atom. The van der Waals surface area contributed by atoms with Crippen LogP contribution in [0.1, 0.15) is 5.56 Å². The molecule has 2 rings (SSSR count). The molecule has 0 bridgehead atoms. The van der Waals surface area contributed by atoms with Crippen LogP contribution in [0.15, 0.2) is 42.0 Å². The van der Waals surface area contributed by atoms with Gasteiger partial charge in [-0.05, 0) is 29.9 Å². The molecule has 0 amide bonds. The number of fused-ring (bicyclic) bond motifs is 1. The molecule has 0 unspecified atom stereocenters. The van der Waals surface area contributed by atoms with Crippen molar-refractivity contribution in [3.05, 3.63) is 57.6 Å². The van der Waals surface area contributed by atoms with Gasteiger partial charge >= 0.3 is 5.97 Å². The number of carbonyl (C=O) groups excluding carboxylic acids is 1. The van der Waals surface area contributed by atoms with Gasteiger partial charge in [-0.1, -0.05) is 35.9 Å². The molecule has 0 aromatic heterocycles. The van der Waals surface area contributed by atoms with Gasteiger partial charge in [-0.2, -0.15) is 5.26 Å². The number of esters is 1. The van der Waals surface area contributed by atoms with Crippen molar-refractivity contribution in [2.24, 2.45) is 0 Å².